The van der Waals surface area contributed by atoms with Crippen LogP contribution < -0.4 is 0 Å². The first-order chi connectivity index (χ1) is 9.57. The molecule has 0 aromatic heterocycles. The molecule has 0 bridgehead atoms. The van der Waals surface area contributed by atoms with E-state index in [0.717, 1.165) is 19.3 Å². The molecule has 1 fully saturated rings. The van der Waals surface area contributed by atoms with Crippen molar-refractivity contribution in [2.75, 3.05) is 0 Å². The summed E-state index contributed by atoms with van der Waals surface area (Å²) in [6.45, 7) is 0. The molecule has 20 heavy (non-hydrogen) atoms. The highest BCUT2D eigenvalue weighted by molar-refractivity contribution is 8.08. The number of carbonyl (C=O) groups excluding carboxylic acids is 1. The fourth-order valence-corrected chi connectivity index (χ4v) is 3.76. The van der Waals surface area contributed by atoms with E-state index in [2.05, 4.69) is 4.79 Å². The molecule has 0 aliphatic heterocycles. The van der Waals surface area contributed by atoms with E-state index in [1.807, 2.05) is 0 Å². The Morgan fingerprint density at radius 1 is 1.10 bits per heavy atom. The van der Waals surface area contributed by atoms with Crippen LogP contribution in [-0.4, -0.2) is 24.0 Å². The van der Waals surface area contributed by atoms with Crippen LogP contribution in [0, 0.1) is 5.92 Å². The van der Waals surface area contributed by atoms with Gasteiger partial charge in [-0.05, 0) is 25.0 Å². The van der Waals surface area contributed by atoms with Gasteiger partial charge in [0.15, 0.2) is 0 Å². The Hall–Kier alpha value is -1.78. The van der Waals surface area contributed by atoms with E-state index in [9.17, 15) is 13.2 Å². The van der Waals surface area contributed by atoms with E-state index < -0.39 is 20.7 Å². The molecule has 0 amide bonds. The summed E-state index contributed by atoms with van der Waals surface area (Å²) in [7, 11) is -4.05. The van der Waals surface area contributed by atoms with Gasteiger partial charge in [-0.15, -0.1) is 4.79 Å². The average molecular weight is 292 g/mol. The second kappa shape index (κ2) is 6.11. The molecule has 2 rings (SSSR count). The van der Waals surface area contributed by atoms with Gasteiger partial charge in [0.25, 0.3) is 15.6 Å². The summed E-state index contributed by atoms with van der Waals surface area (Å²) in [5, 5.41) is -0.740. The van der Waals surface area contributed by atoms with Crippen molar-refractivity contribution < 1.29 is 18.0 Å². The standard InChI is InChI=1S/C14H16N2O3S/c15-16-14(13(17)11-7-3-1-4-8-11)20(18,19)12-9-5-2-6-10-12/h2,5-6,9-11H,1,3-4,7-8H2. The van der Waals surface area contributed by atoms with E-state index in [1.54, 1.807) is 18.2 Å². The Morgan fingerprint density at radius 3 is 2.25 bits per heavy atom. The first kappa shape index (κ1) is 14.6. The molecular formula is C14H16N2O3S. The highest BCUT2D eigenvalue weighted by Gasteiger charge is 2.41. The van der Waals surface area contributed by atoms with Crippen molar-refractivity contribution in [3.8, 4) is 0 Å². The fraction of sp³-hybridized carbons (Fsp3) is 0.429. The predicted molar refractivity (Wildman–Crippen MR) is 73.8 cm³/mol. The van der Waals surface area contributed by atoms with Crippen LogP contribution in [0.1, 0.15) is 32.1 Å². The van der Waals surface area contributed by atoms with Gasteiger partial charge in [0, 0.05) is 5.92 Å². The van der Waals surface area contributed by atoms with Crippen molar-refractivity contribution in [2.24, 2.45) is 5.92 Å². The topological polar surface area (TPSA) is 87.6 Å². The van der Waals surface area contributed by atoms with Crippen LogP contribution in [0.25, 0.3) is 5.53 Å². The van der Waals surface area contributed by atoms with Gasteiger partial charge in [0.1, 0.15) is 0 Å². The van der Waals surface area contributed by atoms with Crippen LogP contribution in [0.4, 0.5) is 0 Å². The predicted octanol–water partition coefficient (Wildman–Crippen LogP) is 2.24. The van der Waals surface area contributed by atoms with Gasteiger partial charge in [-0.25, -0.2) is 8.42 Å². The summed E-state index contributed by atoms with van der Waals surface area (Å²) < 4.78 is 24.7. The molecule has 0 atom stereocenters. The second-order valence-corrected chi connectivity index (χ2v) is 6.79. The number of hydrogen-bond donors (Lipinski definition) is 0. The van der Waals surface area contributed by atoms with E-state index in [-0.39, 0.29) is 10.8 Å². The Balaban J connectivity index is 2.33. The maximum Gasteiger partial charge on any atom is 0.452 e. The number of benzene rings is 1. The number of rotatable bonds is 3. The zero-order chi connectivity index (χ0) is 14.6. The van der Waals surface area contributed by atoms with Crippen molar-refractivity contribution in [3.63, 3.8) is 0 Å². The quantitative estimate of drug-likeness (QED) is 0.370. The summed E-state index contributed by atoms with van der Waals surface area (Å²) in [5.41, 5.74) is 9.01. The minimum absolute atomic E-state index is 0.0306. The Labute approximate surface area is 118 Å². The second-order valence-electron chi connectivity index (χ2n) is 4.92. The molecule has 0 saturated heterocycles. The van der Waals surface area contributed by atoms with Crippen molar-refractivity contribution in [1.82, 2.24) is 0 Å². The number of hydrogen-bond acceptors (Lipinski definition) is 3. The lowest BCUT2D eigenvalue weighted by Crippen LogP contribution is -2.32. The van der Waals surface area contributed by atoms with E-state index in [0.29, 0.717) is 12.8 Å². The van der Waals surface area contributed by atoms with Crippen molar-refractivity contribution in [3.05, 3.63) is 35.9 Å². The lowest BCUT2D eigenvalue weighted by Gasteiger charge is -2.18. The van der Waals surface area contributed by atoms with Gasteiger partial charge >= 0.3 is 5.04 Å². The van der Waals surface area contributed by atoms with Gasteiger partial charge in [-0.3, -0.25) is 4.79 Å². The van der Waals surface area contributed by atoms with Crippen molar-refractivity contribution >= 4 is 20.7 Å². The Bertz CT molecular complexity index is 640. The first-order valence-corrected chi connectivity index (χ1v) is 8.12. The molecule has 1 aromatic carbocycles. The summed E-state index contributed by atoms with van der Waals surface area (Å²) in [5.74, 6) is -0.927. The zero-order valence-electron chi connectivity index (χ0n) is 11.0. The third-order valence-corrected chi connectivity index (χ3v) is 5.27. The Kier molecular flexibility index (Phi) is 4.47. The zero-order valence-corrected chi connectivity index (χ0v) is 11.8. The molecular weight excluding hydrogens is 276 g/mol. The third-order valence-electron chi connectivity index (χ3n) is 3.59. The molecule has 1 aliphatic rings. The highest BCUT2D eigenvalue weighted by atomic mass is 32.2. The molecule has 106 valence electrons. The molecule has 0 unspecified atom stereocenters. The van der Waals surface area contributed by atoms with Gasteiger partial charge in [0.05, 0.1) is 4.90 Å². The normalized spacial score (nSPS) is 16.4. The molecule has 6 heteroatoms. The van der Waals surface area contributed by atoms with E-state index in [1.165, 1.54) is 12.1 Å². The monoisotopic (exact) mass is 292 g/mol. The van der Waals surface area contributed by atoms with Crippen LogP contribution >= 0.6 is 0 Å². The van der Waals surface area contributed by atoms with Gasteiger partial charge < -0.3 is 5.53 Å². The molecule has 0 N–H and O–H groups in total. The summed E-state index contributed by atoms with van der Waals surface area (Å²) >= 11 is 0. The number of sulfone groups is 1. The summed E-state index contributed by atoms with van der Waals surface area (Å²) in [6, 6.07) is 7.57. The van der Waals surface area contributed by atoms with Gasteiger partial charge in [0.2, 0.25) is 0 Å². The number of nitrogens with zero attached hydrogens (tertiary/aromatic N) is 2. The average Bonchev–Trinajstić information content (AvgIpc) is 2.49. The van der Waals surface area contributed by atoms with Crippen LogP contribution in [0.3, 0.4) is 0 Å². The molecule has 0 spiro atoms. The molecule has 0 heterocycles. The minimum atomic E-state index is -4.05. The molecule has 1 aliphatic carbocycles. The molecule has 1 aromatic rings. The van der Waals surface area contributed by atoms with E-state index >= 15 is 0 Å². The fourth-order valence-electron chi connectivity index (χ4n) is 2.49. The molecule has 0 radical (unpaired) electrons. The maximum absolute atomic E-state index is 12.3. The smallest absolute Gasteiger partial charge is 0.360 e. The summed E-state index contributed by atoms with van der Waals surface area (Å²) in [6.07, 6.45) is 4.17. The molecule has 5 nitrogen and oxygen atoms in total. The van der Waals surface area contributed by atoms with Crippen LogP contribution in [0.2, 0.25) is 0 Å². The van der Waals surface area contributed by atoms with Gasteiger partial charge in [-0.1, -0.05) is 37.5 Å². The Morgan fingerprint density at radius 2 is 1.70 bits per heavy atom. The molecule has 1 saturated carbocycles. The SMILES string of the molecule is [N-]=[N+]=C(C(=O)C1CCCCC1)S(=O)(=O)c1ccccc1. The van der Waals surface area contributed by atoms with Crippen molar-refractivity contribution in [2.45, 2.75) is 37.0 Å². The largest absolute Gasteiger partial charge is 0.452 e. The maximum atomic E-state index is 12.3. The number of Topliss-reactive ketones (excluding diaryl/α,β-unsaturated/α-hetero) is 1. The van der Waals surface area contributed by atoms with Crippen LogP contribution in [0.5, 0.6) is 0 Å². The third kappa shape index (κ3) is 2.86. The number of ketones is 1. The highest BCUT2D eigenvalue weighted by Crippen LogP contribution is 2.26. The lowest BCUT2D eigenvalue weighted by molar-refractivity contribution is -0.120. The van der Waals surface area contributed by atoms with Crippen molar-refractivity contribution in [1.29, 1.82) is 0 Å². The van der Waals surface area contributed by atoms with Gasteiger partial charge in [-0.2, -0.15) is 0 Å². The van der Waals surface area contributed by atoms with Crippen LogP contribution in [-0.2, 0) is 14.6 Å². The number of carbonyl (C=O) groups is 1. The summed E-state index contributed by atoms with van der Waals surface area (Å²) in [4.78, 5) is 15.0. The van der Waals surface area contributed by atoms with Crippen LogP contribution in [0.15, 0.2) is 35.2 Å². The minimum Gasteiger partial charge on any atom is -0.360 e. The van der Waals surface area contributed by atoms with E-state index in [4.69, 9.17) is 5.53 Å². The lowest BCUT2D eigenvalue weighted by atomic mass is 9.86. The first-order valence-electron chi connectivity index (χ1n) is 6.64.